The predicted octanol–water partition coefficient (Wildman–Crippen LogP) is 2.48. The second-order valence-corrected chi connectivity index (χ2v) is 6.21. The van der Waals surface area contributed by atoms with Crippen LogP contribution in [0.3, 0.4) is 0 Å². The second-order valence-electron chi connectivity index (χ2n) is 6.21. The number of benzene rings is 2. The molecule has 0 fully saturated rings. The molecule has 0 aliphatic heterocycles. The molecule has 0 spiro atoms. The van der Waals surface area contributed by atoms with Gasteiger partial charge in [0, 0.05) is 12.7 Å². The van der Waals surface area contributed by atoms with Crippen molar-refractivity contribution < 1.29 is 4.79 Å². The highest BCUT2D eigenvalue weighted by molar-refractivity contribution is 5.75. The van der Waals surface area contributed by atoms with E-state index in [1.165, 1.54) is 9.08 Å². The third-order valence-corrected chi connectivity index (χ3v) is 4.33. The molecule has 4 rings (SSSR count). The van der Waals surface area contributed by atoms with Crippen molar-refractivity contribution in [3.05, 3.63) is 95.0 Å². The Bertz CT molecular complexity index is 1130. The van der Waals surface area contributed by atoms with E-state index < -0.39 is 0 Å². The predicted molar refractivity (Wildman–Crippen MR) is 103 cm³/mol. The Hall–Kier alpha value is -3.67. The molecule has 6 heteroatoms. The highest BCUT2D eigenvalue weighted by Gasteiger charge is 2.10. The first-order valence-corrected chi connectivity index (χ1v) is 8.66. The lowest BCUT2D eigenvalue weighted by molar-refractivity contribution is -0.122. The monoisotopic (exact) mass is 358 g/mol. The molecule has 2 heterocycles. The smallest absolute Gasteiger partial charge is 0.350 e. The van der Waals surface area contributed by atoms with Crippen molar-refractivity contribution in [1.82, 2.24) is 19.5 Å². The summed E-state index contributed by atoms with van der Waals surface area (Å²) < 4.78 is 2.58. The van der Waals surface area contributed by atoms with Crippen LogP contribution >= 0.6 is 0 Å². The minimum absolute atomic E-state index is 0.109. The molecule has 1 amide bonds. The van der Waals surface area contributed by atoms with E-state index in [1.54, 1.807) is 24.4 Å². The Balaban J connectivity index is 1.39. The molecule has 0 aliphatic carbocycles. The van der Waals surface area contributed by atoms with E-state index in [-0.39, 0.29) is 18.1 Å². The maximum atomic E-state index is 12.2. The quantitative estimate of drug-likeness (QED) is 0.596. The van der Waals surface area contributed by atoms with Gasteiger partial charge in [0.2, 0.25) is 5.91 Å². The minimum Gasteiger partial charge on any atom is -0.350 e. The fraction of sp³-hybridized carbons (Fsp3) is 0.0952. The third-order valence-electron chi connectivity index (χ3n) is 4.33. The summed E-state index contributed by atoms with van der Waals surface area (Å²) in [5, 5.41) is 6.99. The maximum absolute atomic E-state index is 12.2. The van der Waals surface area contributed by atoms with E-state index in [2.05, 4.69) is 22.5 Å². The molecule has 0 unspecified atom stereocenters. The summed E-state index contributed by atoms with van der Waals surface area (Å²) in [5.74, 6) is -0.257. The standard InChI is InChI=1S/C21H18N4O2/c26-20(15-25-21(27)24-13-5-4-8-19(24)23-25)22-14-16-9-11-18(12-10-16)17-6-2-1-3-7-17/h1-13H,14-15H2,(H,22,26). The number of amides is 1. The lowest BCUT2D eigenvalue weighted by Gasteiger charge is -2.07. The molecule has 0 radical (unpaired) electrons. The van der Waals surface area contributed by atoms with E-state index >= 15 is 0 Å². The number of pyridine rings is 1. The summed E-state index contributed by atoms with van der Waals surface area (Å²) in [4.78, 5) is 24.4. The van der Waals surface area contributed by atoms with Gasteiger partial charge in [0.15, 0.2) is 5.65 Å². The Morgan fingerprint density at radius 2 is 1.59 bits per heavy atom. The Morgan fingerprint density at radius 3 is 2.33 bits per heavy atom. The highest BCUT2D eigenvalue weighted by Crippen LogP contribution is 2.19. The Labute approximate surface area is 155 Å². The summed E-state index contributed by atoms with van der Waals surface area (Å²) in [5.41, 5.74) is 3.46. The second kappa shape index (κ2) is 7.29. The Morgan fingerprint density at radius 1 is 0.889 bits per heavy atom. The van der Waals surface area contributed by atoms with Crippen LogP contribution in [0.25, 0.3) is 16.8 Å². The first-order valence-electron chi connectivity index (χ1n) is 8.66. The van der Waals surface area contributed by atoms with Crippen molar-refractivity contribution in [3.8, 4) is 11.1 Å². The van der Waals surface area contributed by atoms with Gasteiger partial charge in [-0.1, -0.05) is 60.7 Å². The normalized spacial score (nSPS) is 10.8. The molecule has 27 heavy (non-hydrogen) atoms. The zero-order valence-electron chi connectivity index (χ0n) is 14.6. The molecule has 1 N–H and O–H groups in total. The van der Waals surface area contributed by atoms with Gasteiger partial charge in [-0.2, -0.15) is 0 Å². The van der Waals surface area contributed by atoms with E-state index in [4.69, 9.17) is 0 Å². The Kier molecular flexibility index (Phi) is 4.53. The van der Waals surface area contributed by atoms with E-state index in [0.717, 1.165) is 16.7 Å². The van der Waals surface area contributed by atoms with Crippen molar-refractivity contribution in [2.24, 2.45) is 0 Å². The topological polar surface area (TPSA) is 68.4 Å². The fourth-order valence-corrected chi connectivity index (χ4v) is 2.91. The first kappa shape index (κ1) is 16.8. The third kappa shape index (κ3) is 3.64. The van der Waals surface area contributed by atoms with Crippen LogP contribution in [0.1, 0.15) is 5.56 Å². The molecule has 0 aliphatic rings. The average Bonchev–Trinajstić information content (AvgIpc) is 3.03. The van der Waals surface area contributed by atoms with Gasteiger partial charge >= 0.3 is 5.69 Å². The van der Waals surface area contributed by atoms with Crippen LogP contribution in [-0.2, 0) is 17.9 Å². The summed E-state index contributed by atoms with van der Waals surface area (Å²) in [6.07, 6.45) is 1.63. The number of nitrogens with zero attached hydrogens (tertiary/aromatic N) is 3. The SMILES string of the molecule is O=C(Cn1nc2ccccn2c1=O)NCc1ccc(-c2ccccc2)cc1. The van der Waals surface area contributed by atoms with Gasteiger partial charge in [-0.25, -0.2) is 9.48 Å². The van der Waals surface area contributed by atoms with Gasteiger partial charge in [0.25, 0.3) is 0 Å². The van der Waals surface area contributed by atoms with Crippen LogP contribution in [0.5, 0.6) is 0 Å². The van der Waals surface area contributed by atoms with Gasteiger partial charge in [0.05, 0.1) is 0 Å². The molecule has 2 aromatic heterocycles. The number of fused-ring (bicyclic) bond motifs is 1. The van der Waals surface area contributed by atoms with Gasteiger partial charge in [0.1, 0.15) is 6.54 Å². The molecule has 6 nitrogen and oxygen atoms in total. The molecule has 0 atom stereocenters. The largest absolute Gasteiger partial charge is 0.350 e. The molecular weight excluding hydrogens is 340 g/mol. The van der Waals surface area contributed by atoms with E-state index in [9.17, 15) is 9.59 Å². The molecule has 134 valence electrons. The van der Waals surface area contributed by atoms with Gasteiger partial charge in [-0.3, -0.25) is 9.20 Å². The van der Waals surface area contributed by atoms with E-state index in [0.29, 0.717) is 12.2 Å². The van der Waals surface area contributed by atoms with Crippen LogP contribution < -0.4 is 11.0 Å². The maximum Gasteiger partial charge on any atom is 0.350 e. The summed E-state index contributed by atoms with van der Waals surface area (Å²) in [6, 6.07) is 23.4. The van der Waals surface area contributed by atoms with Gasteiger partial charge < -0.3 is 5.32 Å². The molecule has 2 aromatic carbocycles. The number of aromatic nitrogens is 3. The van der Waals surface area contributed by atoms with Crippen molar-refractivity contribution in [3.63, 3.8) is 0 Å². The average molecular weight is 358 g/mol. The van der Waals surface area contributed by atoms with Crippen molar-refractivity contribution in [2.45, 2.75) is 13.1 Å². The summed E-state index contributed by atoms with van der Waals surface area (Å²) in [7, 11) is 0. The number of nitrogens with one attached hydrogen (secondary N) is 1. The first-order chi connectivity index (χ1) is 13.2. The van der Waals surface area contributed by atoms with Crippen LogP contribution in [0.15, 0.2) is 83.8 Å². The molecule has 4 aromatic rings. The fourth-order valence-electron chi connectivity index (χ4n) is 2.91. The van der Waals surface area contributed by atoms with Crippen molar-refractivity contribution in [2.75, 3.05) is 0 Å². The lowest BCUT2D eigenvalue weighted by atomic mass is 10.0. The van der Waals surface area contributed by atoms with Crippen LogP contribution in [0, 0.1) is 0 Å². The van der Waals surface area contributed by atoms with Gasteiger partial charge in [-0.15, -0.1) is 5.10 Å². The van der Waals surface area contributed by atoms with Gasteiger partial charge in [-0.05, 0) is 28.8 Å². The number of rotatable bonds is 5. The number of hydrogen-bond acceptors (Lipinski definition) is 3. The van der Waals surface area contributed by atoms with Crippen molar-refractivity contribution >= 4 is 11.6 Å². The lowest BCUT2D eigenvalue weighted by Crippen LogP contribution is -2.32. The molecule has 0 bridgehead atoms. The number of carbonyl (C=O) groups excluding carboxylic acids is 1. The summed E-state index contributed by atoms with van der Waals surface area (Å²) in [6.45, 7) is 0.290. The van der Waals surface area contributed by atoms with Crippen molar-refractivity contribution in [1.29, 1.82) is 0 Å². The van der Waals surface area contributed by atoms with E-state index in [1.807, 2.05) is 42.5 Å². The zero-order chi connectivity index (χ0) is 18.6. The number of carbonyl (C=O) groups is 1. The summed E-state index contributed by atoms with van der Waals surface area (Å²) >= 11 is 0. The zero-order valence-corrected chi connectivity index (χ0v) is 14.6. The van der Waals surface area contributed by atoms with Crippen LogP contribution in [-0.4, -0.2) is 20.1 Å². The van der Waals surface area contributed by atoms with Crippen LogP contribution in [0.2, 0.25) is 0 Å². The highest BCUT2D eigenvalue weighted by atomic mass is 16.2. The minimum atomic E-state index is -0.326. The number of hydrogen-bond donors (Lipinski definition) is 1. The molecule has 0 saturated carbocycles. The molecule has 0 saturated heterocycles. The molecular formula is C21H18N4O2. The van der Waals surface area contributed by atoms with Crippen LogP contribution in [0.4, 0.5) is 0 Å².